The number of terminal acetylenes is 1. The molecule has 1 spiro atoms. The summed E-state index contributed by atoms with van der Waals surface area (Å²) in [7, 11) is 1.50. The Kier molecular flexibility index (Phi) is 9.77. The molecule has 0 bridgehead atoms. The van der Waals surface area contributed by atoms with Crippen molar-refractivity contribution in [2.75, 3.05) is 25.0 Å². The lowest BCUT2D eigenvalue weighted by Crippen LogP contribution is -2.48. The van der Waals surface area contributed by atoms with Gasteiger partial charge >= 0.3 is 0 Å². The number of piperidine rings is 1. The Morgan fingerprint density at radius 1 is 1.26 bits per heavy atom. The molecule has 2 aliphatic rings. The fraction of sp³-hybridized carbons (Fsp3) is 0.385. The first-order chi connectivity index (χ1) is 16.6. The molecule has 34 heavy (non-hydrogen) atoms. The highest BCUT2D eigenvalue weighted by Crippen LogP contribution is 2.56. The number of hydrogen-bond acceptors (Lipinski definition) is 6. The van der Waals surface area contributed by atoms with E-state index in [9.17, 15) is 4.79 Å². The molecule has 8 heteroatoms. The number of hydrogen-bond donors (Lipinski definition) is 3. The van der Waals surface area contributed by atoms with E-state index in [0.717, 1.165) is 54.8 Å². The quantitative estimate of drug-likeness (QED) is 0.513. The van der Waals surface area contributed by atoms with Gasteiger partial charge in [-0.1, -0.05) is 29.8 Å². The molecule has 5 rings (SSSR count). The van der Waals surface area contributed by atoms with Crippen molar-refractivity contribution >= 4 is 29.5 Å². The second-order valence-electron chi connectivity index (χ2n) is 8.27. The van der Waals surface area contributed by atoms with Crippen molar-refractivity contribution in [3.8, 4) is 12.8 Å². The van der Waals surface area contributed by atoms with Gasteiger partial charge in [0.15, 0.2) is 0 Å². The second-order valence-corrected chi connectivity index (χ2v) is 8.27. The van der Waals surface area contributed by atoms with Crippen molar-refractivity contribution in [1.29, 1.82) is 0 Å². The molecule has 8 nitrogen and oxygen atoms in total. The Bertz CT molecular complexity index is 1090. The van der Waals surface area contributed by atoms with Crippen LogP contribution >= 0.6 is 0 Å². The Balaban J connectivity index is 0.000000633. The van der Waals surface area contributed by atoms with Crippen LogP contribution in [-0.2, 0) is 16.1 Å². The van der Waals surface area contributed by atoms with Gasteiger partial charge in [0, 0.05) is 31.7 Å². The molecule has 3 heterocycles. The number of aromatic nitrogens is 3. The molecule has 1 atom stereocenters. The van der Waals surface area contributed by atoms with Gasteiger partial charge in [0.2, 0.25) is 5.91 Å². The molecule has 2 fully saturated rings. The standard InChI is InChI=1S/C22H25N5O.C2H2.CH5N.CH2O/c1-15-3-2-4-16(11-15)12-24-21(28)18-6-10-27(13-22(18)7-8-22)20-17-5-9-23-19(17)25-14-26-20;3*1-2/h2-5,9,11,14,18H,6-8,10,12-13H2,1H3,(H,24,28)(H,23,25,26);1-2H;2H2,1H3;1H2. The summed E-state index contributed by atoms with van der Waals surface area (Å²) in [5, 5.41) is 4.24. The lowest BCUT2D eigenvalue weighted by atomic mass is 9.81. The number of carbonyl (C=O) groups is 2. The summed E-state index contributed by atoms with van der Waals surface area (Å²) >= 11 is 0. The number of aromatic amines is 1. The van der Waals surface area contributed by atoms with Crippen molar-refractivity contribution in [3.05, 3.63) is 54.0 Å². The first-order valence-corrected chi connectivity index (χ1v) is 11.2. The molecule has 4 N–H and O–H groups in total. The van der Waals surface area contributed by atoms with Gasteiger partial charge in [0.25, 0.3) is 0 Å². The molecule has 180 valence electrons. The van der Waals surface area contributed by atoms with Crippen LogP contribution in [0, 0.1) is 31.1 Å². The number of benzene rings is 1. The van der Waals surface area contributed by atoms with Crippen LogP contribution in [0.5, 0.6) is 0 Å². The number of aryl methyl sites for hydroxylation is 1. The van der Waals surface area contributed by atoms with Crippen LogP contribution in [-0.4, -0.2) is 47.8 Å². The third-order valence-electron chi connectivity index (χ3n) is 6.32. The number of nitrogens with one attached hydrogen (secondary N) is 2. The van der Waals surface area contributed by atoms with Crippen molar-refractivity contribution in [1.82, 2.24) is 20.3 Å². The van der Waals surface area contributed by atoms with Crippen LogP contribution in [0.15, 0.2) is 42.9 Å². The molecule has 3 aromatic rings. The molecule has 2 aromatic heterocycles. The molecule has 1 unspecified atom stereocenters. The first kappa shape index (κ1) is 26.6. The molecule has 1 amide bonds. The number of rotatable bonds is 4. The fourth-order valence-electron chi connectivity index (χ4n) is 4.66. The van der Waals surface area contributed by atoms with Crippen LogP contribution in [0.4, 0.5) is 5.82 Å². The van der Waals surface area contributed by atoms with Crippen molar-refractivity contribution < 1.29 is 9.59 Å². The maximum atomic E-state index is 13.0. The van der Waals surface area contributed by atoms with Gasteiger partial charge in [-0.15, -0.1) is 12.8 Å². The summed E-state index contributed by atoms with van der Waals surface area (Å²) in [4.78, 5) is 35.3. The second kappa shape index (κ2) is 12.5. The molecule has 0 radical (unpaired) electrons. The fourth-order valence-corrected chi connectivity index (χ4v) is 4.66. The molecular weight excluding hydrogens is 428 g/mol. The number of anilines is 1. The van der Waals surface area contributed by atoms with Gasteiger partial charge in [-0.2, -0.15) is 0 Å². The highest BCUT2D eigenvalue weighted by molar-refractivity contribution is 5.87. The van der Waals surface area contributed by atoms with Crippen LogP contribution in [0.2, 0.25) is 0 Å². The highest BCUT2D eigenvalue weighted by atomic mass is 16.2. The zero-order valence-corrected chi connectivity index (χ0v) is 20.0. The van der Waals surface area contributed by atoms with Gasteiger partial charge in [-0.05, 0) is 50.3 Å². The summed E-state index contributed by atoms with van der Waals surface area (Å²) in [5.41, 5.74) is 7.85. The topological polar surface area (TPSA) is 117 Å². The van der Waals surface area contributed by atoms with Gasteiger partial charge in [0.05, 0.1) is 5.39 Å². The third-order valence-corrected chi connectivity index (χ3v) is 6.32. The van der Waals surface area contributed by atoms with Crippen molar-refractivity contribution in [2.45, 2.75) is 32.7 Å². The first-order valence-electron chi connectivity index (χ1n) is 11.2. The van der Waals surface area contributed by atoms with E-state index in [2.05, 4.69) is 68.9 Å². The largest absolute Gasteiger partial charge is 0.355 e. The smallest absolute Gasteiger partial charge is 0.224 e. The Morgan fingerprint density at radius 3 is 2.68 bits per heavy atom. The van der Waals surface area contributed by atoms with Crippen molar-refractivity contribution in [3.63, 3.8) is 0 Å². The molecule has 1 aliphatic carbocycles. The summed E-state index contributed by atoms with van der Waals surface area (Å²) in [6, 6.07) is 10.4. The van der Waals surface area contributed by atoms with E-state index >= 15 is 0 Å². The monoisotopic (exact) mass is 462 g/mol. The minimum Gasteiger partial charge on any atom is -0.355 e. The lowest BCUT2D eigenvalue weighted by Gasteiger charge is -2.39. The third kappa shape index (κ3) is 5.80. The minimum atomic E-state index is 0.0945. The normalized spacial score (nSPS) is 17.2. The van der Waals surface area contributed by atoms with Gasteiger partial charge in [-0.3, -0.25) is 4.79 Å². The number of amides is 1. The van der Waals surface area contributed by atoms with E-state index in [1.54, 1.807) is 6.33 Å². The molecule has 1 aromatic carbocycles. The Morgan fingerprint density at radius 2 is 2.00 bits per heavy atom. The highest BCUT2D eigenvalue weighted by Gasteiger charge is 2.55. The van der Waals surface area contributed by atoms with E-state index in [-0.39, 0.29) is 17.2 Å². The maximum Gasteiger partial charge on any atom is 0.224 e. The van der Waals surface area contributed by atoms with E-state index < -0.39 is 0 Å². The number of H-pyrrole nitrogens is 1. The zero-order valence-electron chi connectivity index (χ0n) is 20.0. The average molecular weight is 463 g/mol. The van der Waals surface area contributed by atoms with Crippen molar-refractivity contribution in [2.24, 2.45) is 17.1 Å². The van der Waals surface area contributed by atoms with Crippen LogP contribution < -0.4 is 16.0 Å². The van der Waals surface area contributed by atoms with Crippen LogP contribution in [0.25, 0.3) is 11.0 Å². The molecule has 1 aliphatic heterocycles. The van der Waals surface area contributed by atoms with Gasteiger partial charge in [-0.25, -0.2) is 9.97 Å². The Labute approximate surface area is 201 Å². The number of nitrogens with zero attached hydrogens (tertiary/aromatic N) is 3. The predicted octanol–water partition coefficient (Wildman–Crippen LogP) is 2.83. The zero-order chi connectivity index (χ0) is 25.1. The predicted molar refractivity (Wildman–Crippen MR) is 136 cm³/mol. The van der Waals surface area contributed by atoms with Gasteiger partial charge in [0.1, 0.15) is 24.6 Å². The van der Waals surface area contributed by atoms with Crippen LogP contribution in [0.3, 0.4) is 0 Å². The minimum absolute atomic E-state index is 0.0945. The van der Waals surface area contributed by atoms with Crippen LogP contribution in [0.1, 0.15) is 30.4 Å². The number of nitrogens with two attached hydrogens (primary N) is 1. The summed E-state index contributed by atoms with van der Waals surface area (Å²) in [5.74, 6) is 1.28. The molecule has 1 saturated carbocycles. The summed E-state index contributed by atoms with van der Waals surface area (Å²) < 4.78 is 0. The van der Waals surface area contributed by atoms with Gasteiger partial charge < -0.3 is 25.7 Å². The molecule has 1 saturated heterocycles. The molecular formula is C26H34N6O2. The van der Waals surface area contributed by atoms with E-state index in [1.165, 1.54) is 12.6 Å². The van der Waals surface area contributed by atoms with E-state index in [1.807, 2.05) is 25.1 Å². The summed E-state index contributed by atoms with van der Waals surface area (Å²) in [6.45, 7) is 6.43. The average Bonchev–Trinajstić information content (AvgIpc) is 3.47. The summed E-state index contributed by atoms with van der Waals surface area (Å²) in [6.07, 6.45) is 14.6. The maximum absolute atomic E-state index is 13.0. The van der Waals surface area contributed by atoms with E-state index in [4.69, 9.17) is 4.79 Å². The SMILES string of the molecule is C#C.C=O.CN.Cc1cccc(CNC(=O)C2CCN(c3ncnc4[nH]ccc34)CC23CC3)c1. The number of fused-ring (bicyclic) bond motifs is 1. The number of carbonyl (C=O) groups excluding carboxylic acids is 2. The lowest BCUT2D eigenvalue weighted by molar-refractivity contribution is -0.128. The Hall–Kier alpha value is -3.70. The van der Waals surface area contributed by atoms with E-state index in [0.29, 0.717) is 6.54 Å².